The van der Waals surface area contributed by atoms with Crippen molar-refractivity contribution in [3.05, 3.63) is 29.8 Å². The molecule has 1 saturated carbocycles. The Morgan fingerprint density at radius 2 is 1.56 bits per heavy atom. The molecule has 1 aliphatic rings. The molecule has 88 valence electrons. The standard InChI is InChI=1S/C15H22O/c1-15(2,3)12-8-10-14(11-9-12)16-13-6-4-5-7-13/h8-11,13H,4-7H2,1-3H3. The smallest absolute Gasteiger partial charge is 0.119 e. The molecule has 0 radical (unpaired) electrons. The normalized spacial score (nSPS) is 17.7. The van der Waals surface area contributed by atoms with Gasteiger partial charge in [0.05, 0.1) is 6.10 Å². The maximum Gasteiger partial charge on any atom is 0.119 e. The van der Waals surface area contributed by atoms with Gasteiger partial charge >= 0.3 is 0 Å². The summed E-state index contributed by atoms with van der Waals surface area (Å²) in [5.41, 5.74) is 1.59. The maximum absolute atomic E-state index is 5.94. The van der Waals surface area contributed by atoms with Crippen LogP contribution in [0.4, 0.5) is 0 Å². The molecule has 1 aromatic rings. The molecule has 0 heterocycles. The highest BCUT2D eigenvalue weighted by atomic mass is 16.5. The Labute approximate surface area is 98.8 Å². The molecule has 2 rings (SSSR count). The molecule has 1 nitrogen and oxygen atoms in total. The summed E-state index contributed by atoms with van der Waals surface area (Å²) in [6, 6.07) is 8.59. The molecule has 0 N–H and O–H groups in total. The van der Waals surface area contributed by atoms with E-state index in [2.05, 4.69) is 45.0 Å². The van der Waals surface area contributed by atoms with Crippen LogP contribution in [-0.4, -0.2) is 6.10 Å². The summed E-state index contributed by atoms with van der Waals surface area (Å²) < 4.78 is 5.94. The van der Waals surface area contributed by atoms with Gasteiger partial charge in [-0.25, -0.2) is 0 Å². The SMILES string of the molecule is CC(C)(C)c1ccc(OC2CCCC2)cc1. The first-order chi connectivity index (χ1) is 7.55. The summed E-state index contributed by atoms with van der Waals surface area (Å²) in [7, 11) is 0. The molecule has 16 heavy (non-hydrogen) atoms. The molecule has 0 amide bonds. The van der Waals surface area contributed by atoms with Gasteiger partial charge in [0.1, 0.15) is 5.75 Å². The van der Waals surface area contributed by atoms with E-state index in [0.717, 1.165) is 5.75 Å². The van der Waals surface area contributed by atoms with Crippen molar-refractivity contribution in [3.8, 4) is 5.75 Å². The van der Waals surface area contributed by atoms with Crippen LogP contribution in [-0.2, 0) is 5.41 Å². The average Bonchev–Trinajstić information content (AvgIpc) is 2.70. The predicted octanol–water partition coefficient (Wildman–Crippen LogP) is 4.31. The third-order valence-corrected chi connectivity index (χ3v) is 3.33. The zero-order chi connectivity index (χ0) is 11.6. The first kappa shape index (κ1) is 11.5. The van der Waals surface area contributed by atoms with Crippen molar-refractivity contribution in [3.63, 3.8) is 0 Å². The number of hydrogen-bond donors (Lipinski definition) is 0. The average molecular weight is 218 g/mol. The van der Waals surface area contributed by atoms with Gasteiger partial charge in [-0.1, -0.05) is 32.9 Å². The van der Waals surface area contributed by atoms with E-state index in [0.29, 0.717) is 6.10 Å². The highest BCUT2D eigenvalue weighted by Crippen LogP contribution is 2.27. The Morgan fingerprint density at radius 1 is 1.00 bits per heavy atom. The largest absolute Gasteiger partial charge is 0.490 e. The van der Waals surface area contributed by atoms with Crippen LogP contribution in [0.1, 0.15) is 52.0 Å². The van der Waals surface area contributed by atoms with Crippen LogP contribution >= 0.6 is 0 Å². The quantitative estimate of drug-likeness (QED) is 0.719. The summed E-state index contributed by atoms with van der Waals surface area (Å²) in [5, 5.41) is 0. The lowest BCUT2D eigenvalue weighted by molar-refractivity contribution is 0.210. The fourth-order valence-electron chi connectivity index (χ4n) is 2.23. The van der Waals surface area contributed by atoms with Crippen molar-refractivity contribution in [2.45, 2.75) is 58.0 Å². The molecule has 0 unspecified atom stereocenters. The monoisotopic (exact) mass is 218 g/mol. The van der Waals surface area contributed by atoms with E-state index in [9.17, 15) is 0 Å². The third-order valence-electron chi connectivity index (χ3n) is 3.33. The van der Waals surface area contributed by atoms with E-state index < -0.39 is 0 Å². The van der Waals surface area contributed by atoms with Gasteiger partial charge in [-0.15, -0.1) is 0 Å². The van der Waals surface area contributed by atoms with Crippen molar-refractivity contribution in [2.24, 2.45) is 0 Å². The molecule has 0 aromatic heterocycles. The Balaban J connectivity index is 2.01. The zero-order valence-corrected chi connectivity index (χ0v) is 10.6. The number of rotatable bonds is 2. The van der Waals surface area contributed by atoms with Crippen LogP contribution in [0.5, 0.6) is 5.75 Å². The second kappa shape index (κ2) is 4.48. The number of benzene rings is 1. The van der Waals surface area contributed by atoms with Crippen LogP contribution < -0.4 is 4.74 Å². The second-order valence-electron chi connectivity index (χ2n) is 5.80. The molecule has 0 atom stereocenters. The molecule has 0 spiro atoms. The first-order valence-corrected chi connectivity index (χ1v) is 6.33. The van der Waals surface area contributed by atoms with E-state index in [1.54, 1.807) is 0 Å². The van der Waals surface area contributed by atoms with E-state index in [1.165, 1.54) is 31.2 Å². The lowest BCUT2D eigenvalue weighted by Gasteiger charge is -2.20. The summed E-state index contributed by atoms with van der Waals surface area (Å²) in [4.78, 5) is 0. The third kappa shape index (κ3) is 2.78. The van der Waals surface area contributed by atoms with Gasteiger partial charge in [0.25, 0.3) is 0 Å². The van der Waals surface area contributed by atoms with Crippen molar-refractivity contribution in [1.29, 1.82) is 0 Å². The van der Waals surface area contributed by atoms with Crippen LogP contribution in [0, 0.1) is 0 Å². The second-order valence-corrected chi connectivity index (χ2v) is 5.80. The van der Waals surface area contributed by atoms with Crippen molar-refractivity contribution in [1.82, 2.24) is 0 Å². The minimum atomic E-state index is 0.228. The van der Waals surface area contributed by atoms with Gasteiger partial charge in [-0.3, -0.25) is 0 Å². The Kier molecular flexibility index (Phi) is 3.22. The van der Waals surface area contributed by atoms with Gasteiger partial charge < -0.3 is 4.74 Å². The molecular formula is C15H22O. The van der Waals surface area contributed by atoms with E-state index in [4.69, 9.17) is 4.74 Å². The van der Waals surface area contributed by atoms with E-state index in [1.807, 2.05) is 0 Å². The van der Waals surface area contributed by atoms with Crippen molar-refractivity contribution >= 4 is 0 Å². The summed E-state index contributed by atoms with van der Waals surface area (Å²) >= 11 is 0. The van der Waals surface area contributed by atoms with E-state index >= 15 is 0 Å². The van der Waals surface area contributed by atoms with Crippen molar-refractivity contribution in [2.75, 3.05) is 0 Å². The molecule has 0 aliphatic heterocycles. The predicted molar refractivity (Wildman–Crippen MR) is 68.0 cm³/mol. The number of ether oxygens (including phenoxy) is 1. The summed E-state index contributed by atoms with van der Waals surface area (Å²) in [6.07, 6.45) is 5.55. The van der Waals surface area contributed by atoms with Gasteiger partial charge in [0.2, 0.25) is 0 Å². The fraction of sp³-hybridized carbons (Fsp3) is 0.600. The van der Waals surface area contributed by atoms with Crippen LogP contribution in [0.15, 0.2) is 24.3 Å². The Morgan fingerprint density at radius 3 is 2.06 bits per heavy atom. The zero-order valence-electron chi connectivity index (χ0n) is 10.6. The van der Waals surface area contributed by atoms with Crippen LogP contribution in [0.2, 0.25) is 0 Å². The van der Waals surface area contributed by atoms with Gasteiger partial charge in [-0.2, -0.15) is 0 Å². The van der Waals surface area contributed by atoms with Crippen molar-refractivity contribution < 1.29 is 4.74 Å². The van der Waals surface area contributed by atoms with Crippen LogP contribution in [0.25, 0.3) is 0 Å². The Hall–Kier alpha value is -0.980. The lowest BCUT2D eigenvalue weighted by atomic mass is 9.87. The Bertz CT molecular complexity index is 325. The molecular weight excluding hydrogens is 196 g/mol. The summed E-state index contributed by atoms with van der Waals surface area (Å²) in [6.45, 7) is 6.71. The van der Waals surface area contributed by atoms with E-state index in [-0.39, 0.29) is 5.41 Å². The van der Waals surface area contributed by atoms with Gasteiger partial charge in [0, 0.05) is 0 Å². The van der Waals surface area contributed by atoms with Gasteiger partial charge in [0.15, 0.2) is 0 Å². The highest BCUT2D eigenvalue weighted by Gasteiger charge is 2.17. The minimum Gasteiger partial charge on any atom is -0.490 e. The summed E-state index contributed by atoms with van der Waals surface area (Å²) in [5.74, 6) is 1.03. The highest BCUT2D eigenvalue weighted by molar-refractivity contribution is 5.31. The molecule has 1 heteroatoms. The lowest BCUT2D eigenvalue weighted by Crippen LogP contribution is -2.12. The molecule has 0 saturated heterocycles. The van der Waals surface area contributed by atoms with Gasteiger partial charge in [-0.05, 0) is 48.8 Å². The fourth-order valence-corrected chi connectivity index (χ4v) is 2.23. The molecule has 1 aromatic carbocycles. The molecule has 1 fully saturated rings. The molecule has 0 bridgehead atoms. The maximum atomic E-state index is 5.94. The minimum absolute atomic E-state index is 0.228. The van der Waals surface area contributed by atoms with Crippen LogP contribution in [0.3, 0.4) is 0 Å². The number of hydrogen-bond acceptors (Lipinski definition) is 1. The topological polar surface area (TPSA) is 9.23 Å². The molecule has 1 aliphatic carbocycles. The first-order valence-electron chi connectivity index (χ1n) is 6.33.